The highest BCUT2D eigenvalue weighted by molar-refractivity contribution is 6.28. The maximum Gasteiger partial charge on any atom is 0.235 e. The molecule has 0 bridgehead atoms. The average Bonchev–Trinajstić information content (AvgIpc) is 3.85. The summed E-state index contributed by atoms with van der Waals surface area (Å²) < 4.78 is 4.75. The van der Waals surface area contributed by atoms with Crippen molar-refractivity contribution in [1.82, 2.24) is 18.9 Å². The fourth-order valence-corrected chi connectivity index (χ4v) is 8.75. The Morgan fingerprint density at radius 3 is 1.77 bits per heavy atom. The van der Waals surface area contributed by atoms with E-state index in [1.165, 1.54) is 70.8 Å². The SMILES string of the molecule is c1ccc(-c2ccc(-c3nc(-n4c5ccccc5c5cc6ccc7c8cccc9c%10ccccc%10n(c7c6cc54)c98)nc4ccccc34)cc2)cc1. The highest BCUT2D eigenvalue weighted by Crippen LogP contribution is 2.43. The largest absolute Gasteiger partial charge is 0.307 e. The number of benzene rings is 8. The molecule has 4 heteroatoms. The van der Waals surface area contributed by atoms with Gasteiger partial charge >= 0.3 is 0 Å². The van der Waals surface area contributed by atoms with Gasteiger partial charge < -0.3 is 4.40 Å². The average molecular weight is 661 g/mol. The van der Waals surface area contributed by atoms with E-state index < -0.39 is 0 Å². The van der Waals surface area contributed by atoms with Crippen LogP contribution in [-0.2, 0) is 0 Å². The van der Waals surface area contributed by atoms with Crippen molar-refractivity contribution >= 4 is 81.6 Å². The fraction of sp³-hybridized carbons (Fsp3) is 0. The molecule has 0 aliphatic rings. The lowest BCUT2D eigenvalue weighted by atomic mass is 10.0. The second-order valence-corrected chi connectivity index (χ2v) is 13.8. The van der Waals surface area contributed by atoms with Crippen LogP contribution < -0.4 is 0 Å². The molecule has 0 N–H and O–H groups in total. The van der Waals surface area contributed by atoms with Crippen LogP contribution in [0.3, 0.4) is 0 Å². The van der Waals surface area contributed by atoms with Crippen LogP contribution in [-0.4, -0.2) is 18.9 Å². The van der Waals surface area contributed by atoms with Crippen molar-refractivity contribution in [2.24, 2.45) is 0 Å². The van der Waals surface area contributed by atoms with E-state index in [-0.39, 0.29) is 0 Å². The minimum absolute atomic E-state index is 0.663. The maximum absolute atomic E-state index is 5.41. The number of nitrogens with zero attached hydrogens (tertiary/aromatic N) is 4. The third-order valence-electron chi connectivity index (χ3n) is 11.0. The number of para-hydroxylation sites is 4. The third-order valence-corrected chi connectivity index (χ3v) is 11.0. The Bertz CT molecular complexity index is 3390. The number of rotatable bonds is 3. The molecule has 52 heavy (non-hydrogen) atoms. The summed E-state index contributed by atoms with van der Waals surface area (Å²) in [4.78, 5) is 10.7. The topological polar surface area (TPSA) is 35.1 Å². The molecule has 0 fully saturated rings. The number of hydrogen-bond acceptors (Lipinski definition) is 2. The molecule has 0 unspecified atom stereocenters. The highest BCUT2D eigenvalue weighted by atomic mass is 15.2. The first kappa shape index (κ1) is 27.7. The van der Waals surface area contributed by atoms with Crippen LogP contribution in [0, 0.1) is 0 Å². The Morgan fingerprint density at radius 2 is 0.942 bits per heavy atom. The minimum atomic E-state index is 0.663. The second kappa shape index (κ2) is 10.3. The van der Waals surface area contributed by atoms with Crippen molar-refractivity contribution in [2.45, 2.75) is 0 Å². The third kappa shape index (κ3) is 3.70. The Hall–Kier alpha value is -7.04. The van der Waals surface area contributed by atoms with E-state index in [4.69, 9.17) is 9.97 Å². The number of aromatic nitrogens is 4. The van der Waals surface area contributed by atoms with Crippen LogP contribution >= 0.6 is 0 Å². The van der Waals surface area contributed by atoms with E-state index in [9.17, 15) is 0 Å². The summed E-state index contributed by atoms with van der Waals surface area (Å²) >= 11 is 0. The molecule has 0 aliphatic heterocycles. The summed E-state index contributed by atoms with van der Waals surface area (Å²) in [5, 5.41) is 11.0. The van der Waals surface area contributed by atoms with E-state index in [1.54, 1.807) is 0 Å². The van der Waals surface area contributed by atoms with Crippen LogP contribution in [0.15, 0.2) is 170 Å². The zero-order valence-electron chi connectivity index (χ0n) is 28.0. The molecule has 12 rings (SSSR count). The Balaban J connectivity index is 1.17. The Labute approximate surface area is 297 Å². The molecule has 4 nitrogen and oxygen atoms in total. The van der Waals surface area contributed by atoms with Crippen molar-refractivity contribution in [3.8, 4) is 28.3 Å². The molecular weight excluding hydrogens is 633 g/mol. The normalized spacial score (nSPS) is 12.2. The summed E-state index contributed by atoms with van der Waals surface area (Å²) in [5.74, 6) is 0.663. The molecule has 0 radical (unpaired) electrons. The lowest BCUT2D eigenvalue weighted by Crippen LogP contribution is -2.03. The van der Waals surface area contributed by atoms with Gasteiger partial charge in [-0.05, 0) is 46.8 Å². The Morgan fingerprint density at radius 1 is 0.346 bits per heavy atom. The first-order valence-electron chi connectivity index (χ1n) is 17.8. The van der Waals surface area contributed by atoms with E-state index in [1.807, 2.05) is 0 Å². The first-order valence-corrected chi connectivity index (χ1v) is 17.8. The fourth-order valence-electron chi connectivity index (χ4n) is 8.75. The molecular formula is C48H28N4. The van der Waals surface area contributed by atoms with Gasteiger partial charge in [-0.15, -0.1) is 0 Å². The summed E-state index contributed by atoms with van der Waals surface area (Å²) in [6.07, 6.45) is 0. The van der Waals surface area contributed by atoms with Crippen LogP contribution in [0.2, 0.25) is 0 Å². The van der Waals surface area contributed by atoms with E-state index >= 15 is 0 Å². The van der Waals surface area contributed by atoms with Gasteiger partial charge in [0.15, 0.2) is 0 Å². The zero-order valence-corrected chi connectivity index (χ0v) is 28.0. The van der Waals surface area contributed by atoms with Crippen molar-refractivity contribution in [3.63, 3.8) is 0 Å². The maximum atomic E-state index is 5.41. The summed E-state index contributed by atoms with van der Waals surface area (Å²) in [5.41, 5.74) is 11.2. The molecule has 0 aliphatic carbocycles. The predicted octanol–water partition coefficient (Wildman–Crippen LogP) is 12.4. The minimum Gasteiger partial charge on any atom is -0.307 e. The molecule has 240 valence electrons. The second-order valence-electron chi connectivity index (χ2n) is 13.8. The van der Waals surface area contributed by atoms with Crippen LogP contribution in [0.25, 0.3) is 110 Å². The lowest BCUT2D eigenvalue weighted by Gasteiger charge is -2.12. The van der Waals surface area contributed by atoms with Crippen LogP contribution in [0.1, 0.15) is 0 Å². The molecule has 4 heterocycles. The predicted molar refractivity (Wildman–Crippen MR) is 217 cm³/mol. The van der Waals surface area contributed by atoms with Gasteiger partial charge in [-0.3, -0.25) is 4.57 Å². The smallest absolute Gasteiger partial charge is 0.235 e. The highest BCUT2D eigenvalue weighted by Gasteiger charge is 2.22. The van der Waals surface area contributed by atoms with Gasteiger partial charge in [-0.1, -0.05) is 140 Å². The quantitative estimate of drug-likeness (QED) is 0.189. The molecule has 0 atom stereocenters. The summed E-state index contributed by atoms with van der Waals surface area (Å²) in [6, 6.07) is 61.1. The zero-order chi connectivity index (χ0) is 33.9. The van der Waals surface area contributed by atoms with Crippen LogP contribution in [0.5, 0.6) is 0 Å². The van der Waals surface area contributed by atoms with Gasteiger partial charge in [0.2, 0.25) is 5.95 Å². The van der Waals surface area contributed by atoms with Crippen molar-refractivity contribution in [2.75, 3.05) is 0 Å². The van der Waals surface area contributed by atoms with Gasteiger partial charge in [0.05, 0.1) is 38.8 Å². The standard InChI is InChI=1S/C48H28N4/c1-2-11-29(12-3-1)30-21-23-31(24-22-30)45-38-15-4-7-18-41(38)49-48(50-45)51-42-19-8-6-14-34(42)40-27-32-25-26-37-36-17-10-16-35-33-13-5-9-20-43(33)52(46(35)36)47(37)39(32)28-44(40)51/h1-28H. The van der Waals surface area contributed by atoms with E-state index in [2.05, 4.69) is 179 Å². The van der Waals surface area contributed by atoms with Crippen molar-refractivity contribution in [3.05, 3.63) is 170 Å². The van der Waals surface area contributed by atoms with Crippen molar-refractivity contribution in [1.29, 1.82) is 0 Å². The molecule has 0 saturated heterocycles. The van der Waals surface area contributed by atoms with Crippen molar-refractivity contribution < 1.29 is 0 Å². The van der Waals surface area contributed by atoms with Gasteiger partial charge in [0.25, 0.3) is 0 Å². The lowest BCUT2D eigenvalue weighted by molar-refractivity contribution is 1.01. The molecule has 12 aromatic rings. The molecule has 0 spiro atoms. The molecule has 0 saturated carbocycles. The van der Waals surface area contributed by atoms with E-state index in [0.717, 1.165) is 33.2 Å². The summed E-state index contributed by atoms with van der Waals surface area (Å²) in [7, 11) is 0. The Kier molecular flexibility index (Phi) is 5.47. The van der Waals surface area contributed by atoms with Crippen LogP contribution in [0.4, 0.5) is 0 Å². The van der Waals surface area contributed by atoms with Gasteiger partial charge in [-0.2, -0.15) is 0 Å². The van der Waals surface area contributed by atoms with Gasteiger partial charge in [0.1, 0.15) is 0 Å². The van der Waals surface area contributed by atoms with E-state index in [0.29, 0.717) is 5.95 Å². The summed E-state index contributed by atoms with van der Waals surface area (Å²) in [6.45, 7) is 0. The molecule has 4 aromatic heterocycles. The molecule has 8 aromatic carbocycles. The first-order chi connectivity index (χ1) is 25.8. The molecule has 0 amide bonds. The van der Waals surface area contributed by atoms with Gasteiger partial charge in [-0.25, -0.2) is 9.97 Å². The van der Waals surface area contributed by atoms with Gasteiger partial charge in [0, 0.05) is 48.7 Å². The number of hydrogen-bond donors (Lipinski definition) is 0. The number of fused-ring (bicyclic) bond motifs is 12. The monoisotopic (exact) mass is 660 g/mol.